The Labute approximate surface area is 678 Å². The summed E-state index contributed by atoms with van der Waals surface area (Å²) in [6.07, 6.45) is 3.54. The Balaban J connectivity index is 0.000000283. The van der Waals surface area contributed by atoms with Gasteiger partial charge in [0.1, 0.15) is 5.58 Å². The summed E-state index contributed by atoms with van der Waals surface area (Å²) in [6, 6.07) is 58.4. The van der Waals surface area contributed by atoms with Crippen LogP contribution >= 0.6 is 0 Å². The number of pyridine rings is 7. The Morgan fingerprint density at radius 2 is 0.830 bits per heavy atom. The zero-order valence-corrected chi connectivity index (χ0v) is 64.5. The molecule has 558 valence electrons. The Kier molecular flexibility index (Phi) is 22.7. The van der Waals surface area contributed by atoms with E-state index in [0.29, 0.717) is 60.7 Å². The molecule has 0 fully saturated rings. The third-order valence-corrected chi connectivity index (χ3v) is 15.3. The second-order valence-electron chi connectivity index (χ2n) is 23.1. The van der Waals surface area contributed by atoms with Gasteiger partial charge in [0.2, 0.25) is 11.4 Å². The van der Waals surface area contributed by atoms with Gasteiger partial charge >= 0.3 is 15.6 Å². The maximum Gasteiger partial charge on any atom is 0.522 e. The molecule has 14 nitrogen and oxygen atoms in total. The SMILES string of the molecule is CO.CO.Cc1cnc(-c2[c-]cccc2)cc1C.O=S(=O)(O)C(F)(F)F.[2H]C([2H])([2H])c1ccc2c(n1)oc1c(-c3cc(C([2H])([2H])[2H])c(C([2H])([2H])C(C)C)cn3)[c-]ccc12.[2H]C([2H])([2H])c1ccc2c(n1)oc1c(-c3cc(C([2H])([2H])[2H])c(C([2H])([2H])C(C)C)cn3)cccc12.[2H]C([2H])([2H])c1cnc(-c2[c-]cccc2)cc1C.[2H]C([2H])([2H])c1cnc(-c2[c-]cccc2)cc1C.[Ir].[Ir]. The number of hydrogen-bond acceptors (Lipinski definition) is 13. The van der Waals surface area contributed by atoms with Crippen molar-refractivity contribution in [3.8, 4) is 56.3 Å². The van der Waals surface area contributed by atoms with Crippen LogP contribution in [0.15, 0.2) is 198 Å². The standard InChI is InChI=1S/C22H22N2O.C22H21N2O.3C13H12N.CHF3O3S.2CH4O.2Ir/c2*1-13(2)10-16-12-23-20(11-14(16)3)19-7-5-6-17-18-9-8-15(4)24-22(18)25-21(17)19;3*1-10-8-13(14-9-11(10)2)12-6-4-3-5-7-12;2-1(3,4)8(5,6)7;2*1-2;;/h5-9,11-13H,10H2,1-4H3;5-6,8-9,11-13H,10H2,1-4H3;3*3-6,8-9H,1-2H3;(H,5,6,7);2*2H,1H3;;/q;4*-1;;;;;/i2*3D3,4D3,10D2;2*2D3;;;;;;. The van der Waals surface area contributed by atoms with E-state index in [-0.39, 0.29) is 91.0 Å². The van der Waals surface area contributed by atoms with Crippen LogP contribution in [0.2, 0.25) is 0 Å². The van der Waals surface area contributed by atoms with E-state index in [2.05, 4.69) is 79.1 Å². The van der Waals surface area contributed by atoms with Gasteiger partial charge in [-0.3, -0.25) is 9.54 Å². The van der Waals surface area contributed by atoms with Crippen LogP contribution in [0.3, 0.4) is 0 Å². The van der Waals surface area contributed by atoms with Gasteiger partial charge in [-0.2, -0.15) is 21.6 Å². The number of nitrogens with zero attached hydrogens (tertiary/aromatic N) is 7. The molecule has 2 radical (unpaired) electrons. The Bertz CT molecular complexity index is 5880. The van der Waals surface area contributed by atoms with Crippen LogP contribution in [-0.2, 0) is 63.1 Å². The predicted octanol–water partition coefficient (Wildman–Crippen LogP) is 20.6. The van der Waals surface area contributed by atoms with Gasteiger partial charge in [0, 0.05) is 149 Å². The smallest absolute Gasteiger partial charge is 0.486 e. The van der Waals surface area contributed by atoms with E-state index in [4.69, 9.17) is 62.2 Å². The molecule has 0 aliphatic carbocycles. The van der Waals surface area contributed by atoms with Crippen LogP contribution in [0, 0.1) is 105 Å². The van der Waals surface area contributed by atoms with Gasteiger partial charge in [0.05, 0.1) is 11.3 Å². The molecule has 9 heterocycles. The number of benzene rings is 5. The zero-order valence-electron chi connectivity index (χ0n) is 80.9. The van der Waals surface area contributed by atoms with Gasteiger partial charge in [-0.1, -0.05) is 97.3 Å². The average Bonchev–Trinajstić information content (AvgIpc) is 1.56. The Morgan fingerprint density at radius 1 is 0.443 bits per heavy atom. The van der Waals surface area contributed by atoms with Crippen molar-refractivity contribution < 1.29 is 116 Å². The monoisotopic (exact) mass is 1830 g/mol. The van der Waals surface area contributed by atoms with Crippen LogP contribution in [0.25, 0.3) is 100 Å². The van der Waals surface area contributed by atoms with Gasteiger partial charge in [0.15, 0.2) is 0 Å². The van der Waals surface area contributed by atoms with Crippen LogP contribution in [0.5, 0.6) is 0 Å². The van der Waals surface area contributed by atoms with Crippen molar-refractivity contribution in [2.75, 3.05) is 14.2 Å². The quantitative estimate of drug-likeness (QED) is 0.0697. The Hall–Kier alpha value is -9.33. The number of hydrogen-bond donors (Lipinski definition) is 3. The molecule has 0 bridgehead atoms. The molecule has 14 aromatic rings. The van der Waals surface area contributed by atoms with E-state index < -0.39 is 81.3 Å². The molecule has 20 heteroatoms. The minimum absolute atomic E-state index is 0. The van der Waals surface area contributed by atoms with Crippen molar-refractivity contribution in [1.82, 2.24) is 34.9 Å². The summed E-state index contributed by atoms with van der Waals surface area (Å²) < 4.78 is 240. The molecule has 3 N–H and O–H groups in total. The van der Waals surface area contributed by atoms with Gasteiger partial charge in [-0.05, 0) is 186 Å². The third kappa shape index (κ3) is 23.8. The van der Waals surface area contributed by atoms with Gasteiger partial charge < -0.3 is 39.0 Å². The van der Waals surface area contributed by atoms with Crippen LogP contribution in [-0.4, -0.2) is 77.8 Å². The van der Waals surface area contributed by atoms with E-state index in [1.54, 1.807) is 96.1 Å². The third-order valence-electron chi connectivity index (χ3n) is 14.7. The van der Waals surface area contributed by atoms with Crippen LogP contribution < -0.4 is 0 Å². The van der Waals surface area contributed by atoms with Crippen molar-refractivity contribution in [2.45, 2.75) is 115 Å². The fourth-order valence-corrected chi connectivity index (χ4v) is 9.58. The minimum Gasteiger partial charge on any atom is -0.486 e. The molecule has 106 heavy (non-hydrogen) atoms. The summed E-state index contributed by atoms with van der Waals surface area (Å²) >= 11 is 0. The van der Waals surface area contributed by atoms with Crippen molar-refractivity contribution in [3.63, 3.8) is 0 Å². The number of aromatic nitrogens is 7. The summed E-state index contributed by atoms with van der Waals surface area (Å²) in [7, 11) is -3.84. The molecule has 14 rings (SSSR count). The fourth-order valence-electron chi connectivity index (χ4n) is 9.58. The van der Waals surface area contributed by atoms with Crippen molar-refractivity contribution >= 4 is 54.3 Å². The average molecular weight is 1830 g/mol. The summed E-state index contributed by atoms with van der Waals surface area (Å²) in [6.45, 7) is 0.407. The molecular formula is C86H88F3Ir2N7O7S-4. The fraction of sp³-hybridized carbons (Fsp3) is 0.244. The van der Waals surface area contributed by atoms with E-state index in [9.17, 15) is 13.2 Å². The van der Waals surface area contributed by atoms with E-state index in [1.165, 1.54) is 60.2 Å². The van der Waals surface area contributed by atoms with Gasteiger partial charge in [-0.25, -0.2) is 9.97 Å². The Morgan fingerprint density at radius 3 is 1.22 bits per heavy atom. The van der Waals surface area contributed by atoms with E-state index >= 15 is 0 Å². The number of aliphatic hydroxyl groups is 2. The number of alkyl halides is 3. The second kappa shape index (κ2) is 41.0. The van der Waals surface area contributed by atoms with Crippen molar-refractivity contribution in [3.05, 3.63) is 280 Å². The molecule has 5 aromatic carbocycles. The molecular weight excluding hydrogens is 1720 g/mol. The molecule has 0 aliphatic heterocycles. The number of rotatable bonds is 9. The zero-order chi connectivity index (χ0) is 94.6. The summed E-state index contributed by atoms with van der Waals surface area (Å²) in [5, 5.41) is 16.6. The first-order valence-electron chi connectivity index (χ1n) is 42.7. The molecule has 0 saturated carbocycles. The van der Waals surface area contributed by atoms with Crippen molar-refractivity contribution in [2.24, 2.45) is 11.8 Å². The number of para-hydroxylation sites is 1. The summed E-state index contributed by atoms with van der Waals surface area (Å²) in [5.41, 5.74) is 6.41. The number of furan rings is 2. The molecule has 0 spiro atoms. The van der Waals surface area contributed by atoms with Gasteiger partial charge in [-0.15, -0.1) is 126 Å². The molecule has 0 aliphatic rings. The van der Waals surface area contributed by atoms with E-state index in [0.717, 1.165) is 59.1 Å². The maximum atomic E-state index is 10.7. The second-order valence-corrected chi connectivity index (χ2v) is 24.5. The normalized spacial score (nSPS) is 14.8. The van der Waals surface area contributed by atoms with Gasteiger partial charge in [0.25, 0.3) is 0 Å². The molecule has 0 saturated heterocycles. The molecule has 0 amide bonds. The summed E-state index contributed by atoms with van der Waals surface area (Å²) in [5.74, 6) is -0.918. The van der Waals surface area contributed by atoms with Crippen LogP contribution in [0.1, 0.15) is 125 Å². The first-order valence-corrected chi connectivity index (χ1v) is 33.2. The molecule has 0 atom stereocenters. The summed E-state index contributed by atoms with van der Waals surface area (Å²) in [4.78, 5) is 29.8. The first-order chi connectivity index (χ1) is 58.4. The number of fused-ring (bicyclic) bond motifs is 6. The predicted molar refractivity (Wildman–Crippen MR) is 412 cm³/mol. The maximum absolute atomic E-state index is 10.7. The topological polar surface area (TPSA) is 211 Å². The number of aryl methyl sites for hydroxylation is 10. The number of halogens is 3. The minimum atomic E-state index is -5.84. The van der Waals surface area contributed by atoms with E-state index in [1.807, 2.05) is 79.0 Å². The molecule has 9 aromatic heterocycles. The largest absolute Gasteiger partial charge is 0.522 e. The van der Waals surface area contributed by atoms with Crippen LogP contribution in [0.4, 0.5) is 13.2 Å². The molecule has 0 unspecified atom stereocenters. The first kappa shape index (κ1) is 58.8. The van der Waals surface area contributed by atoms with Crippen molar-refractivity contribution in [1.29, 1.82) is 0 Å². The number of aliphatic hydroxyl groups excluding tert-OH is 2.